The lowest BCUT2D eigenvalue weighted by molar-refractivity contribution is -0.0842. The van der Waals surface area contributed by atoms with Gasteiger partial charge in [-0.05, 0) is 63.3 Å². The molecule has 0 amide bonds. The van der Waals surface area contributed by atoms with Crippen LogP contribution in [0, 0.1) is 11.3 Å². The molecule has 0 N–H and O–H groups in total. The van der Waals surface area contributed by atoms with Crippen molar-refractivity contribution in [2.45, 2.75) is 69.9 Å². The number of hydrogen-bond acceptors (Lipinski definition) is 6. The number of hydrogen-bond donors (Lipinski definition) is 0. The predicted molar refractivity (Wildman–Crippen MR) is 142 cm³/mol. The van der Waals surface area contributed by atoms with Crippen molar-refractivity contribution in [3.8, 4) is 22.9 Å². The van der Waals surface area contributed by atoms with E-state index in [2.05, 4.69) is 47.9 Å². The first-order valence-electron chi connectivity index (χ1n) is 13.2. The van der Waals surface area contributed by atoms with Crippen LogP contribution in [0.1, 0.15) is 45.1 Å². The molecule has 0 saturated carbocycles. The lowest BCUT2D eigenvalue weighted by Gasteiger charge is -2.47. The Morgan fingerprint density at radius 2 is 1.67 bits per heavy atom. The van der Waals surface area contributed by atoms with Gasteiger partial charge in [-0.3, -0.25) is 9.88 Å². The van der Waals surface area contributed by atoms with Gasteiger partial charge in [0, 0.05) is 42.2 Å². The zero-order chi connectivity index (χ0) is 24.8. The van der Waals surface area contributed by atoms with Crippen LogP contribution >= 0.6 is 0 Å². The van der Waals surface area contributed by atoms with Crippen molar-refractivity contribution < 1.29 is 9.47 Å². The summed E-state index contributed by atoms with van der Waals surface area (Å²) in [5.74, 6) is 0.916. The van der Waals surface area contributed by atoms with E-state index in [1.165, 1.54) is 25.7 Å². The number of methoxy groups -OCH3 is 1. The highest BCUT2D eigenvalue weighted by atomic mass is 16.5. The minimum Gasteiger partial charge on any atom is -0.494 e. The molecular formula is C30H34N4O2. The fraction of sp³-hybridized carbons (Fsp3) is 0.467. The Morgan fingerprint density at radius 3 is 2.31 bits per heavy atom. The highest BCUT2D eigenvalue weighted by Crippen LogP contribution is 2.46. The van der Waals surface area contributed by atoms with Crippen LogP contribution in [0.3, 0.4) is 0 Å². The van der Waals surface area contributed by atoms with Gasteiger partial charge < -0.3 is 14.4 Å². The number of ether oxygens (including phenoxy) is 2. The van der Waals surface area contributed by atoms with Crippen molar-refractivity contribution in [3.05, 3.63) is 54.2 Å². The van der Waals surface area contributed by atoms with Gasteiger partial charge in [0.25, 0.3) is 0 Å². The number of nitriles is 1. The number of fused-ring (bicyclic) bond motifs is 3. The largest absolute Gasteiger partial charge is 0.494 e. The van der Waals surface area contributed by atoms with Gasteiger partial charge in [-0.25, -0.2) is 0 Å². The molecule has 1 aromatic heterocycles. The van der Waals surface area contributed by atoms with Crippen LogP contribution in [0.4, 0.5) is 5.69 Å². The third-order valence-corrected chi connectivity index (χ3v) is 8.31. The maximum atomic E-state index is 9.16. The Morgan fingerprint density at radius 1 is 0.972 bits per heavy atom. The summed E-state index contributed by atoms with van der Waals surface area (Å²) in [6.07, 6.45) is 7.45. The molecule has 3 saturated heterocycles. The van der Waals surface area contributed by atoms with E-state index in [0.29, 0.717) is 35.9 Å². The van der Waals surface area contributed by atoms with Crippen molar-refractivity contribution in [1.29, 1.82) is 5.26 Å². The van der Waals surface area contributed by atoms with E-state index >= 15 is 0 Å². The Labute approximate surface area is 213 Å². The van der Waals surface area contributed by atoms with Gasteiger partial charge >= 0.3 is 0 Å². The molecule has 186 valence electrons. The molecular weight excluding hydrogens is 448 g/mol. The van der Waals surface area contributed by atoms with Crippen LogP contribution < -0.4 is 9.64 Å². The first-order chi connectivity index (χ1) is 17.6. The summed E-state index contributed by atoms with van der Waals surface area (Å²) < 4.78 is 12.1. The molecule has 3 aliphatic rings. The summed E-state index contributed by atoms with van der Waals surface area (Å²) >= 11 is 0. The number of nitrogens with zero attached hydrogens (tertiary/aromatic N) is 4. The summed E-state index contributed by atoms with van der Waals surface area (Å²) in [4.78, 5) is 10.3. The summed E-state index contributed by atoms with van der Waals surface area (Å²) in [5.41, 5.74) is 4.82. The van der Waals surface area contributed by atoms with Gasteiger partial charge in [-0.1, -0.05) is 24.3 Å². The Hall–Kier alpha value is -3.14. The predicted octanol–water partition coefficient (Wildman–Crippen LogP) is 5.39. The van der Waals surface area contributed by atoms with Gasteiger partial charge in [0.05, 0.1) is 48.4 Å². The molecule has 2 bridgehead atoms. The summed E-state index contributed by atoms with van der Waals surface area (Å²) in [6, 6.07) is 17.8. The molecule has 0 radical (unpaired) electrons. The lowest BCUT2D eigenvalue weighted by Crippen LogP contribution is -2.56. The van der Waals surface area contributed by atoms with Crippen LogP contribution in [-0.4, -0.2) is 60.4 Å². The van der Waals surface area contributed by atoms with Crippen molar-refractivity contribution in [2.24, 2.45) is 0 Å². The van der Waals surface area contributed by atoms with Crippen LogP contribution in [0.2, 0.25) is 0 Å². The van der Waals surface area contributed by atoms with Gasteiger partial charge in [-0.15, -0.1) is 0 Å². The minimum absolute atomic E-state index is 0.305. The maximum absolute atomic E-state index is 9.16. The monoisotopic (exact) mass is 482 g/mol. The van der Waals surface area contributed by atoms with Crippen molar-refractivity contribution in [3.63, 3.8) is 0 Å². The molecule has 6 heteroatoms. The highest BCUT2D eigenvalue weighted by molar-refractivity contribution is 5.99. The van der Waals surface area contributed by atoms with Gasteiger partial charge in [0.2, 0.25) is 0 Å². The molecule has 4 heterocycles. The number of morpholine rings is 1. The summed E-state index contributed by atoms with van der Waals surface area (Å²) in [5, 5.41) is 10.2. The van der Waals surface area contributed by atoms with E-state index in [1.54, 1.807) is 7.11 Å². The number of benzene rings is 2. The highest BCUT2D eigenvalue weighted by Gasteiger charge is 2.44. The van der Waals surface area contributed by atoms with Crippen LogP contribution in [0.25, 0.3) is 22.0 Å². The van der Waals surface area contributed by atoms with Crippen molar-refractivity contribution >= 4 is 16.6 Å². The SMILES string of the molecule is COc1c(N2C3CCC2CC(N2CC(C)OC(C)C2)C3)cnc2c(-c3ccc(C#N)cc3)cccc12. The second-order valence-electron chi connectivity index (χ2n) is 10.7. The van der Waals surface area contributed by atoms with Crippen LogP contribution in [-0.2, 0) is 4.74 Å². The molecule has 4 atom stereocenters. The number of pyridine rings is 1. The third kappa shape index (κ3) is 4.01. The molecule has 3 aliphatic heterocycles. The zero-order valence-corrected chi connectivity index (χ0v) is 21.4. The van der Waals surface area contributed by atoms with E-state index < -0.39 is 0 Å². The molecule has 6 nitrogen and oxygen atoms in total. The van der Waals surface area contributed by atoms with Gasteiger partial charge in [0.1, 0.15) is 0 Å². The Balaban J connectivity index is 1.33. The second-order valence-corrected chi connectivity index (χ2v) is 10.7. The molecule has 3 fully saturated rings. The summed E-state index contributed by atoms with van der Waals surface area (Å²) in [6.45, 7) is 6.47. The first kappa shape index (κ1) is 23.3. The number of para-hydroxylation sites is 1. The zero-order valence-electron chi connectivity index (χ0n) is 21.4. The number of piperidine rings is 1. The number of rotatable bonds is 4. The quantitative estimate of drug-likeness (QED) is 0.497. The smallest absolute Gasteiger partial charge is 0.153 e. The van der Waals surface area contributed by atoms with E-state index in [0.717, 1.165) is 46.6 Å². The molecule has 4 unspecified atom stereocenters. The fourth-order valence-electron chi connectivity index (χ4n) is 6.90. The van der Waals surface area contributed by atoms with Gasteiger partial charge in [0.15, 0.2) is 5.75 Å². The van der Waals surface area contributed by atoms with Gasteiger partial charge in [-0.2, -0.15) is 5.26 Å². The van der Waals surface area contributed by atoms with Crippen molar-refractivity contribution in [2.75, 3.05) is 25.1 Å². The maximum Gasteiger partial charge on any atom is 0.153 e. The molecule has 2 aromatic carbocycles. The molecule has 0 spiro atoms. The average Bonchev–Trinajstić information content (AvgIpc) is 3.15. The van der Waals surface area contributed by atoms with Crippen LogP contribution in [0.5, 0.6) is 5.75 Å². The minimum atomic E-state index is 0.305. The van der Waals surface area contributed by atoms with Crippen molar-refractivity contribution in [1.82, 2.24) is 9.88 Å². The molecule has 0 aliphatic carbocycles. The Kier molecular flexibility index (Phi) is 6.07. The molecule has 3 aromatic rings. The van der Waals surface area contributed by atoms with Crippen LogP contribution in [0.15, 0.2) is 48.7 Å². The average molecular weight is 483 g/mol. The summed E-state index contributed by atoms with van der Waals surface area (Å²) in [7, 11) is 1.78. The molecule has 6 rings (SSSR count). The number of aromatic nitrogens is 1. The normalized spacial score (nSPS) is 28.3. The van der Waals surface area contributed by atoms with E-state index in [4.69, 9.17) is 19.7 Å². The first-order valence-corrected chi connectivity index (χ1v) is 13.2. The second kappa shape index (κ2) is 9.38. The van der Waals surface area contributed by atoms with E-state index in [1.807, 2.05) is 30.5 Å². The van der Waals surface area contributed by atoms with E-state index in [9.17, 15) is 0 Å². The molecule has 36 heavy (non-hydrogen) atoms. The van der Waals surface area contributed by atoms with E-state index in [-0.39, 0.29) is 0 Å². The third-order valence-electron chi connectivity index (χ3n) is 8.31. The lowest BCUT2D eigenvalue weighted by atomic mass is 9.93. The Bertz CT molecular complexity index is 1280. The topological polar surface area (TPSA) is 61.6 Å². The number of anilines is 1. The fourth-order valence-corrected chi connectivity index (χ4v) is 6.90. The standard InChI is InChI=1S/C30H34N4O2/c1-19-17-33(18-20(2)36-19)25-13-23-11-12-24(14-25)34(23)28-16-32-29-26(5-4-6-27(29)30(28)35-3)22-9-7-21(15-31)8-10-22/h4-10,16,19-20,23-25H,11-14,17-18H2,1-3H3.